The number of carbonyl (C=O) groups excluding carboxylic acids is 4. The van der Waals surface area contributed by atoms with Crippen LogP contribution in [0.3, 0.4) is 0 Å². The van der Waals surface area contributed by atoms with E-state index in [0.29, 0.717) is 12.0 Å². The van der Waals surface area contributed by atoms with Crippen molar-refractivity contribution in [3.8, 4) is 5.75 Å². The molecular formula is C26H41N5O7. The number of carboxylic acid groups (broad SMARTS) is 1. The number of benzene rings is 1. The SMILES string of the molecule is CCC(C)C(NC(=O)C(N)CCC(N)=O)C(=O)NC(CC(C)C)C(=O)NC(Cc1ccc(O)cc1)C(=O)O. The number of phenols is 1. The van der Waals surface area contributed by atoms with Crippen LogP contribution in [0.2, 0.25) is 0 Å². The summed E-state index contributed by atoms with van der Waals surface area (Å²) in [4.78, 5) is 61.8. The van der Waals surface area contributed by atoms with Crippen LogP contribution in [0.4, 0.5) is 0 Å². The number of carbonyl (C=O) groups is 5. The van der Waals surface area contributed by atoms with Crippen LogP contribution in [0, 0.1) is 11.8 Å². The van der Waals surface area contributed by atoms with Gasteiger partial charge in [-0.15, -0.1) is 0 Å². The van der Waals surface area contributed by atoms with Gasteiger partial charge in [-0.2, -0.15) is 0 Å². The molecule has 5 unspecified atom stereocenters. The molecule has 1 aromatic rings. The Morgan fingerprint density at radius 3 is 1.97 bits per heavy atom. The highest BCUT2D eigenvalue weighted by atomic mass is 16.4. The molecule has 0 spiro atoms. The quantitative estimate of drug-likeness (QED) is 0.154. The Labute approximate surface area is 222 Å². The Kier molecular flexibility index (Phi) is 13.2. The van der Waals surface area contributed by atoms with E-state index in [4.69, 9.17) is 11.5 Å². The third kappa shape index (κ3) is 11.2. The Bertz CT molecular complexity index is 967. The predicted octanol–water partition coefficient (Wildman–Crippen LogP) is 0.159. The van der Waals surface area contributed by atoms with Crippen LogP contribution >= 0.6 is 0 Å². The molecule has 1 aromatic carbocycles. The van der Waals surface area contributed by atoms with E-state index in [2.05, 4.69) is 16.0 Å². The number of nitrogens with one attached hydrogen (secondary N) is 3. The van der Waals surface area contributed by atoms with Gasteiger partial charge in [0, 0.05) is 12.8 Å². The largest absolute Gasteiger partial charge is 0.508 e. The number of carboxylic acids is 1. The van der Waals surface area contributed by atoms with Gasteiger partial charge in [0.2, 0.25) is 23.6 Å². The molecule has 12 heteroatoms. The third-order valence-electron chi connectivity index (χ3n) is 6.16. The van der Waals surface area contributed by atoms with Crippen molar-refractivity contribution in [1.29, 1.82) is 0 Å². The smallest absolute Gasteiger partial charge is 0.326 e. The number of phenolic OH excluding ortho intramolecular Hbond substituents is 1. The summed E-state index contributed by atoms with van der Waals surface area (Å²) < 4.78 is 0. The van der Waals surface area contributed by atoms with Gasteiger partial charge in [0.15, 0.2) is 0 Å². The highest BCUT2D eigenvalue weighted by Gasteiger charge is 2.32. The summed E-state index contributed by atoms with van der Waals surface area (Å²) in [5.74, 6) is -4.08. The highest BCUT2D eigenvalue weighted by molar-refractivity contribution is 5.94. The molecule has 0 aromatic heterocycles. The third-order valence-corrected chi connectivity index (χ3v) is 6.16. The number of rotatable bonds is 16. The van der Waals surface area contributed by atoms with E-state index in [1.807, 2.05) is 20.8 Å². The fourth-order valence-electron chi connectivity index (χ4n) is 3.70. The van der Waals surface area contributed by atoms with Crippen molar-refractivity contribution in [3.05, 3.63) is 29.8 Å². The summed E-state index contributed by atoms with van der Waals surface area (Å²) in [5.41, 5.74) is 11.5. The number of nitrogens with two attached hydrogens (primary N) is 2. The molecule has 0 aliphatic rings. The standard InChI is InChI=1S/C26H41N5O7/c1-5-15(4)22(31-23(34)18(27)10-11-21(28)33)25(36)29-19(12-14(2)3)24(35)30-20(26(37)38)13-16-6-8-17(32)9-7-16/h6-9,14-15,18-20,22,32H,5,10-13,27H2,1-4H3,(H2,28,33)(H,29,36)(H,30,35)(H,31,34)(H,37,38). The molecule has 0 aliphatic carbocycles. The van der Waals surface area contributed by atoms with Gasteiger partial charge < -0.3 is 37.6 Å². The molecule has 0 aliphatic heterocycles. The number of aliphatic carboxylic acids is 1. The first-order chi connectivity index (χ1) is 17.7. The van der Waals surface area contributed by atoms with Crippen LogP contribution in [-0.4, -0.2) is 64.0 Å². The second-order valence-corrected chi connectivity index (χ2v) is 9.94. The van der Waals surface area contributed by atoms with Crippen molar-refractivity contribution < 1.29 is 34.2 Å². The van der Waals surface area contributed by atoms with Crippen LogP contribution in [0.15, 0.2) is 24.3 Å². The molecule has 0 fully saturated rings. The van der Waals surface area contributed by atoms with Crippen molar-refractivity contribution >= 4 is 29.6 Å². The Morgan fingerprint density at radius 2 is 1.47 bits per heavy atom. The maximum atomic E-state index is 13.2. The Morgan fingerprint density at radius 1 is 0.895 bits per heavy atom. The fraction of sp³-hybridized carbons (Fsp3) is 0.577. The number of hydrogen-bond donors (Lipinski definition) is 7. The van der Waals surface area contributed by atoms with Gasteiger partial charge >= 0.3 is 5.97 Å². The first-order valence-corrected chi connectivity index (χ1v) is 12.7. The Balaban J connectivity index is 3.02. The predicted molar refractivity (Wildman–Crippen MR) is 141 cm³/mol. The lowest BCUT2D eigenvalue weighted by Gasteiger charge is -2.28. The Hall–Kier alpha value is -3.67. The molecule has 0 saturated carbocycles. The average molecular weight is 536 g/mol. The maximum Gasteiger partial charge on any atom is 0.326 e. The van der Waals surface area contributed by atoms with Crippen molar-refractivity contribution in [3.63, 3.8) is 0 Å². The summed E-state index contributed by atoms with van der Waals surface area (Å²) in [6.07, 6.45) is 0.664. The van der Waals surface area contributed by atoms with Crippen molar-refractivity contribution in [2.45, 2.75) is 84.0 Å². The minimum absolute atomic E-state index is 0.0198. The monoisotopic (exact) mass is 535 g/mol. The van der Waals surface area contributed by atoms with E-state index in [9.17, 15) is 34.2 Å². The van der Waals surface area contributed by atoms with Gasteiger partial charge in [-0.3, -0.25) is 19.2 Å². The van der Waals surface area contributed by atoms with Crippen LogP contribution in [0.1, 0.15) is 58.9 Å². The van der Waals surface area contributed by atoms with Crippen LogP contribution in [0.25, 0.3) is 0 Å². The zero-order chi connectivity index (χ0) is 29.0. The average Bonchev–Trinajstić information content (AvgIpc) is 2.84. The molecule has 38 heavy (non-hydrogen) atoms. The van der Waals surface area contributed by atoms with Gasteiger partial charge in [0.05, 0.1) is 6.04 Å². The van der Waals surface area contributed by atoms with Gasteiger partial charge in [-0.1, -0.05) is 46.2 Å². The van der Waals surface area contributed by atoms with Crippen LogP contribution in [-0.2, 0) is 30.4 Å². The zero-order valence-electron chi connectivity index (χ0n) is 22.4. The summed E-state index contributed by atoms with van der Waals surface area (Å²) in [7, 11) is 0. The van der Waals surface area contributed by atoms with Crippen molar-refractivity contribution in [2.75, 3.05) is 0 Å². The molecule has 12 nitrogen and oxygen atoms in total. The second kappa shape index (κ2) is 15.6. The molecule has 0 bridgehead atoms. The van der Waals surface area contributed by atoms with Gasteiger partial charge in [0.1, 0.15) is 23.9 Å². The van der Waals surface area contributed by atoms with E-state index < -0.39 is 53.8 Å². The van der Waals surface area contributed by atoms with Gasteiger partial charge in [-0.05, 0) is 42.4 Å². The molecule has 212 valence electrons. The lowest BCUT2D eigenvalue weighted by molar-refractivity contribution is -0.142. The zero-order valence-corrected chi connectivity index (χ0v) is 22.4. The van der Waals surface area contributed by atoms with Gasteiger partial charge in [0.25, 0.3) is 0 Å². The molecule has 0 radical (unpaired) electrons. The van der Waals surface area contributed by atoms with Crippen molar-refractivity contribution in [1.82, 2.24) is 16.0 Å². The van der Waals surface area contributed by atoms with E-state index in [-0.39, 0.29) is 43.3 Å². The molecule has 9 N–H and O–H groups in total. The van der Waals surface area contributed by atoms with E-state index >= 15 is 0 Å². The first kappa shape index (κ1) is 32.4. The van der Waals surface area contributed by atoms with Crippen LogP contribution in [0.5, 0.6) is 5.75 Å². The summed E-state index contributed by atoms with van der Waals surface area (Å²) in [6, 6.07) is 1.55. The first-order valence-electron chi connectivity index (χ1n) is 12.7. The number of hydrogen-bond acceptors (Lipinski definition) is 7. The molecule has 0 heterocycles. The number of primary amides is 1. The van der Waals surface area contributed by atoms with E-state index in [1.165, 1.54) is 12.1 Å². The normalized spacial score (nSPS) is 15.0. The summed E-state index contributed by atoms with van der Waals surface area (Å²) in [5, 5.41) is 26.9. The summed E-state index contributed by atoms with van der Waals surface area (Å²) in [6.45, 7) is 7.30. The lowest BCUT2D eigenvalue weighted by atomic mass is 9.96. The molecule has 4 amide bonds. The molecular weight excluding hydrogens is 494 g/mol. The number of aromatic hydroxyl groups is 1. The highest BCUT2D eigenvalue weighted by Crippen LogP contribution is 2.14. The van der Waals surface area contributed by atoms with Gasteiger partial charge in [-0.25, -0.2) is 4.79 Å². The number of amides is 4. The fourth-order valence-corrected chi connectivity index (χ4v) is 3.70. The lowest BCUT2D eigenvalue weighted by Crippen LogP contribution is -2.59. The molecule has 1 rings (SSSR count). The van der Waals surface area contributed by atoms with Crippen molar-refractivity contribution in [2.24, 2.45) is 23.3 Å². The maximum absolute atomic E-state index is 13.2. The minimum atomic E-state index is -1.27. The molecule has 5 atom stereocenters. The topological polar surface area (TPSA) is 214 Å². The van der Waals surface area contributed by atoms with E-state index in [1.54, 1.807) is 19.1 Å². The minimum Gasteiger partial charge on any atom is -0.508 e. The van der Waals surface area contributed by atoms with E-state index in [0.717, 1.165) is 0 Å². The molecule has 0 saturated heterocycles. The summed E-state index contributed by atoms with van der Waals surface area (Å²) >= 11 is 0. The van der Waals surface area contributed by atoms with Crippen LogP contribution < -0.4 is 27.4 Å². The second-order valence-electron chi connectivity index (χ2n) is 9.94.